The van der Waals surface area contributed by atoms with Crippen molar-refractivity contribution in [3.63, 3.8) is 0 Å². The van der Waals surface area contributed by atoms with E-state index in [9.17, 15) is 9.59 Å². The molecule has 1 aliphatic rings. The van der Waals surface area contributed by atoms with E-state index in [1.54, 1.807) is 12.1 Å². The summed E-state index contributed by atoms with van der Waals surface area (Å²) in [6, 6.07) is 17.1. The second kappa shape index (κ2) is 9.87. The molecule has 2 aromatic carbocycles. The molecule has 1 heterocycles. The Morgan fingerprint density at radius 3 is 2.25 bits per heavy atom. The summed E-state index contributed by atoms with van der Waals surface area (Å²) in [4.78, 5) is 26.8. The van der Waals surface area contributed by atoms with Gasteiger partial charge in [0.05, 0.1) is 19.3 Å². The molecule has 0 aromatic heterocycles. The van der Waals surface area contributed by atoms with Gasteiger partial charge < -0.3 is 20.7 Å². The summed E-state index contributed by atoms with van der Waals surface area (Å²) in [6.07, 6.45) is 0. The van der Waals surface area contributed by atoms with E-state index in [1.807, 2.05) is 49.5 Å². The lowest BCUT2D eigenvalue weighted by Gasteiger charge is -2.34. The number of amides is 2. The number of carbonyl (C=O) groups is 2. The first-order chi connectivity index (χ1) is 13.7. The summed E-state index contributed by atoms with van der Waals surface area (Å²) in [6.45, 7) is 3.27. The van der Waals surface area contributed by atoms with Gasteiger partial charge in [-0.25, -0.2) is 0 Å². The first-order valence-corrected chi connectivity index (χ1v) is 9.41. The van der Waals surface area contributed by atoms with Crippen molar-refractivity contribution in [3.05, 3.63) is 60.2 Å². The average Bonchev–Trinajstić information content (AvgIpc) is 2.76. The molecule has 1 atom stereocenters. The molecule has 148 valence electrons. The summed E-state index contributed by atoms with van der Waals surface area (Å²) in [5, 5.41) is 8.40. The Bertz CT molecular complexity index is 774. The van der Waals surface area contributed by atoms with Gasteiger partial charge in [0.25, 0.3) is 0 Å². The van der Waals surface area contributed by atoms with Crippen molar-refractivity contribution in [2.45, 2.75) is 6.04 Å². The highest BCUT2D eigenvalue weighted by molar-refractivity contribution is 6.39. The molecule has 1 saturated heterocycles. The summed E-state index contributed by atoms with van der Waals surface area (Å²) in [7, 11) is 1.82. The van der Waals surface area contributed by atoms with Crippen LogP contribution in [-0.2, 0) is 14.3 Å². The van der Waals surface area contributed by atoms with Crippen LogP contribution in [-0.4, -0.2) is 56.6 Å². The maximum atomic E-state index is 12.3. The van der Waals surface area contributed by atoms with Gasteiger partial charge in [-0.3, -0.25) is 14.5 Å². The lowest BCUT2D eigenvalue weighted by atomic mass is 10.0. The molecule has 1 unspecified atom stereocenters. The van der Waals surface area contributed by atoms with E-state index in [0.717, 1.165) is 24.3 Å². The van der Waals surface area contributed by atoms with Crippen LogP contribution in [0.15, 0.2) is 54.6 Å². The number of hydrogen-bond acceptors (Lipinski definition) is 5. The Kier molecular flexibility index (Phi) is 7.00. The molecule has 0 radical (unpaired) electrons. The van der Waals surface area contributed by atoms with E-state index in [1.165, 1.54) is 0 Å². The maximum Gasteiger partial charge on any atom is 0.313 e. The zero-order chi connectivity index (χ0) is 19.8. The fraction of sp³-hybridized carbons (Fsp3) is 0.333. The minimum atomic E-state index is -0.675. The topological polar surface area (TPSA) is 82.7 Å². The third-order valence-corrected chi connectivity index (χ3v) is 4.76. The van der Waals surface area contributed by atoms with Crippen LogP contribution in [0.25, 0.3) is 0 Å². The lowest BCUT2D eigenvalue weighted by Crippen LogP contribution is -2.45. The molecule has 0 aliphatic carbocycles. The molecule has 28 heavy (non-hydrogen) atoms. The van der Waals surface area contributed by atoms with Crippen LogP contribution in [0.4, 0.5) is 11.4 Å². The highest BCUT2D eigenvalue weighted by Crippen LogP contribution is 2.21. The number of morpholine rings is 1. The van der Waals surface area contributed by atoms with E-state index < -0.39 is 11.8 Å². The summed E-state index contributed by atoms with van der Waals surface area (Å²) in [5.41, 5.74) is 2.61. The quantitative estimate of drug-likeness (QED) is 0.665. The summed E-state index contributed by atoms with van der Waals surface area (Å²) < 4.78 is 5.43. The predicted molar refractivity (Wildman–Crippen MR) is 109 cm³/mol. The molecule has 1 fully saturated rings. The molecule has 2 aromatic rings. The smallest absolute Gasteiger partial charge is 0.313 e. The fourth-order valence-electron chi connectivity index (χ4n) is 3.20. The minimum absolute atomic E-state index is 0.00300. The third kappa shape index (κ3) is 5.31. The van der Waals surface area contributed by atoms with Crippen molar-refractivity contribution >= 4 is 23.2 Å². The van der Waals surface area contributed by atoms with Crippen LogP contribution in [0.3, 0.4) is 0 Å². The van der Waals surface area contributed by atoms with Gasteiger partial charge in [-0.15, -0.1) is 0 Å². The molecule has 0 saturated carbocycles. The summed E-state index contributed by atoms with van der Waals surface area (Å²) >= 11 is 0. The first kappa shape index (κ1) is 19.9. The van der Waals surface area contributed by atoms with Gasteiger partial charge in [0.1, 0.15) is 0 Å². The molecule has 7 heteroatoms. The van der Waals surface area contributed by atoms with Crippen LogP contribution in [0, 0.1) is 0 Å². The number of carbonyl (C=O) groups excluding carboxylic acids is 2. The van der Waals surface area contributed by atoms with E-state index in [0.29, 0.717) is 25.4 Å². The summed E-state index contributed by atoms with van der Waals surface area (Å²) in [5.74, 6) is -1.32. The van der Waals surface area contributed by atoms with Crippen molar-refractivity contribution in [1.29, 1.82) is 0 Å². The zero-order valence-corrected chi connectivity index (χ0v) is 16.0. The Morgan fingerprint density at radius 2 is 1.61 bits per heavy atom. The molecule has 3 N–H and O–H groups in total. The molecule has 2 amide bonds. The van der Waals surface area contributed by atoms with Crippen LogP contribution in [0.2, 0.25) is 0 Å². The highest BCUT2D eigenvalue weighted by atomic mass is 16.5. The number of nitrogens with zero attached hydrogens (tertiary/aromatic N) is 1. The predicted octanol–water partition coefficient (Wildman–Crippen LogP) is 1.86. The highest BCUT2D eigenvalue weighted by Gasteiger charge is 2.24. The van der Waals surface area contributed by atoms with E-state index in [4.69, 9.17) is 4.74 Å². The average molecular weight is 382 g/mol. The molecule has 3 rings (SSSR count). The molecule has 0 spiro atoms. The van der Waals surface area contributed by atoms with Gasteiger partial charge in [-0.2, -0.15) is 0 Å². The second-order valence-electron chi connectivity index (χ2n) is 6.57. The van der Waals surface area contributed by atoms with Gasteiger partial charge in [0.2, 0.25) is 0 Å². The zero-order valence-electron chi connectivity index (χ0n) is 16.0. The van der Waals surface area contributed by atoms with Crippen LogP contribution in [0.5, 0.6) is 0 Å². The number of anilines is 2. The number of ether oxygens (including phenoxy) is 1. The molecule has 0 bridgehead atoms. The first-order valence-electron chi connectivity index (χ1n) is 9.41. The van der Waals surface area contributed by atoms with Crippen molar-refractivity contribution in [1.82, 2.24) is 10.2 Å². The van der Waals surface area contributed by atoms with Crippen molar-refractivity contribution in [2.75, 3.05) is 50.5 Å². The number of rotatable bonds is 6. The molecular formula is C21H26N4O3. The van der Waals surface area contributed by atoms with Crippen molar-refractivity contribution in [3.8, 4) is 0 Å². The third-order valence-electron chi connectivity index (χ3n) is 4.76. The molecule has 7 nitrogen and oxygen atoms in total. The Labute approximate surface area is 165 Å². The number of benzene rings is 2. The van der Waals surface area contributed by atoms with E-state index in [2.05, 4.69) is 20.9 Å². The van der Waals surface area contributed by atoms with Gasteiger partial charge in [0.15, 0.2) is 0 Å². The minimum Gasteiger partial charge on any atom is -0.388 e. The monoisotopic (exact) mass is 382 g/mol. The lowest BCUT2D eigenvalue weighted by molar-refractivity contribution is -0.136. The van der Waals surface area contributed by atoms with Crippen molar-refractivity contribution < 1.29 is 14.3 Å². The Hall–Kier alpha value is -2.90. The standard InChI is InChI=1S/C21H26N4O3/c1-22-17-7-9-18(10-8-17)24-21(27)20(26)23-15-19(16-5-3-2-4-6-16)25-11-13-28-14-12-25/h2-10,19,22H,11-15H2,1H3,(H,23,26)(H,24,27). The maximum absolute atomic E-state index is 12.3. The van der Waals surface area contributed by atoms with Gasteiger partial charge in [0, 0.05) is 38.1 Å². The van der Waals surface area contributed by atoms with E-state index >= 15 is 0 Å². The Balaban J connectivity index is 1.59. The van der Waals surface area contributed by atoms with Gasteiger partial charge in [-0.1, -0.05) is 30.3 Å². The molecule has 1 aliphatic heterocycles. The largest absolute Gasteiger partial charge is 0.388 e. The Morgan fingerprint density at radius 1 is 0.964 bits per heavy atom. The SMILES string of the molecule is CNc1ccc(NC(=O)C(=O)NCC(c2ccccc2)N2CCOCC2)cc1. The second-order valence-corrected chi connectivity index (χ2v) is 6.57. The normalized spacial score (nSPS) is 15.5. The van der Waals surface area contributed by atoms with Gasteiger partial charge >= 0.3 is 11.8 Å². The van der Waals surface area contributed by atoms with Crippen LogP contribution >= 0.6 is 0 Å². The van der Waals surface area contributed by atoms with E-state index in [-0.39, 0.29) is 6.04 Å². The van der Waals surface area contributed by atoms with Gasteiger partial charge in [-0.05, 0) is 29.8 Å². The fourth-order valence-corrected chi connectivity index (χ4v) is 3.20. The number of hydrogen-bond donors (Lipinski definition) is 3. The van der Waals surface area contributed by atoms with Crippen LogP contribution < -0.4 is 16.0 Å². The van der Waals surface area contributed by atoms with Crippen molar-refractivity contribution in [2.24, 2.45) is 0 Å². The number of nitrogens with one attached hydrogen (secondary N) is 3. The van der Waals surface area contributed by atoms with Crippen LogP contribution in [0.1, 0.15) is 11.6 Å². The molecular weight excluding hydrogens is 356 g/mol.